The number of rotatable bonds is 9. The Morgan fingerprint density at radius 2 is 2.03 bits per heavy atom. The zero-order valence-corrected chi connectivity index (χ0v) is 19.9. The molecule has 1 fully saturated rings. The van der Waals surface area contributed by atoms with E-state index < -0.39 is 0 Å². The number of anilines is 1. The van der Waals surface area contributed by atoms with E-state index >= 15 is 0 Å². The monoisotopic (exact) mass is 516 g/mol. The van der Waals surface area contributed by atoms with Gasteiger partial charge in [-0.05, 0) is 24.7 Å². The lowest BCUT2D eigenvalue weighted by atomic mass is 9.83. The van der Waals surface area contributed by atoms with E-state index in [0.29, 0.717) is 5.41 Å². The molecule has 0 saturated heterocycles. The highest BCUT2D eigenvalue weighted by Gasteiger charge is 2.33. The van der Waals surface area contributed by atoms with E-state index in [4.69, 9.17) is 4.74 Å². The van der Waals surface area contributed by atoms with Crippen molar-refractivity contribution in [3.63, 3.8) is 0 Å². The van der Waals surface area contributed by atoms with Gasteiger partial charge in [-0.3, -0.25) is 9.67 Å². The van der Waals surface area contributed by atoms with Gasteiger partial charge >= 0.3 is 0 Å². The Balaban J connectivity index is 0.00000300. The molecule has 0 aliphatic heterocycles. The first-order valence-corrected chi connectivity index (χ1v) is 9.97. The third kappa shape index (κ3) is 6.14. The van der Waals surface area contributed by atoms with Crippen LogP contribution in [0.5, 0.6) is 0 Å². The van der Waals surface area contributed by atoms with Crippen LogP contribution in [0.1, 0.15) is 32.1 Å². The molecule has 1 aliphatic carbocycles. The standard InChI is InChI=1S/C19H32N8O.HI/c1-20-18(23-13-19(8-11-28-3)6-4-5-7-19)22-10-9-21-16-15-12-26-27(2)17(15)25-14-24-16;/h12,14H,4-11,13H2,1-3H3,(H2,20,22,23)(H,21,24,25);1H. The number of fused-ring (bicyclic) bond motifs is 1. The molecule has 1 aliphatic rings. The van der Waals surface area contributed by atoms with Gasteiger partial charge in [0.15, 0.2) is 11.6 Å². The number of guanidine groups is 1. The summed E-state index contributed by atoms with van der Waals surface area (Å²) in [4.78, 5) is 12.9. The minimum atomic E-state index is 0. The summed E-state index contributed by atoms with van der Waals surface area (Å²) >= 11 is 0. The molecule has 9 nitrogen and oxygen atoms in total. The number of aromatic nitrogens is 4. The van der Waals surface area contributed by atoms with E-state index in [1.165, 1.54) is 25.7 Å². The summed E-state index contributed by atoms with van der Waals surface area (Å²) < 4.78 is 7.06. The van der Waals surface area contributed by atoms with Crippen molar-refractivity contribution in [3.8, 4) is 0 Å². The molecule has 2 heterocycles. The molecular weight excluding hydrogens is 483 g/mol. The van der Waals surface area contributed by atoms with Gasteiger partial charge in [-0.15, -0.1) is 24.0 Å². The number of hydrogen-bond donors (Lipinski definition) is 3. The summed E-state index contributed by atoms with van der Waals surface area (Å²) in [6, 6.07) is 0. The van der Waals surface area contributed by atoms with Crippen LogP contribution in [-0.2, 0) is 11.8 Å². The first-order chi connectivity index (χ1) is 13.7. The average Bonchev–Trinajstić information content (AvgIpc) is 3.34. The number of hydrogen-bond acceptors (Lipinski definition) is 6. The maximum Gasteiger partial charge on any atom is 0.191 e. The van der Waals surface area contributed by atoms with Gasteiger partial charge in [-0.2, -0.15) is 5.10 Å². The SMILES string of the molecule is CN=C(NCCNc1ncnc2c1cnn2C)NCC1(CCOC)CCCC1.I. The molecule has 0 radical (unpaired) electrons. The van der Waals surface area contributed by atoms with Crippen LogP contribution in [-0.4, -0.2) is 66.1 Å². The van der Waals surface area contributed by atoms with Gasteiger partial charge < -0.3 is 20.7 Å². The van der Waals surface area contributed by atoms with Crippen LogP contribution < -0.4 is 16.0 Å². The Labute approximate surface area is 189 Å². The van der Waals surface area contributed by atoms with E-state index in [1.807, 2.05) is 14.1 Å². The number of aryl methyl sites for hydroxylation is 1. The number of halogens is 1. The fourth-order valence-electron chi connectivity index (χ4n) is 3.92. The highest BCUT2D eigenvalue weighted by molar-refractivity contribution is 14.0. The van der Waals surface area contributed by atoms with Gasteiger partial charge in [0.2, 0.25) is 0 Å². The molecule has 10 heteroatoms. The molecule has 162 valence electrons. The van der Waals surface area contributed by atoms with Crippen molar-refractivity contribution in [1.82, 2.24) is 30.4 Å². The summed E-state index contributed by atoms with van der Waals surface area (Å²) in [5, 5.41) is 15.4. The lowest BCUT2D eigenvalue weighted by Crippen LogP contribution is -2.44. The third-order valence-corrected chi connectivity index (χ3v) is 5.59. The average molecular weight is 516 g/mol. The second-order valence-electron chi connectivity index (χ2n) is 7.46. The molecular formula is C19H33IN8O. The van der Waals surface area contributed by atoms with E-state index in [0.717, 1.165) is 55.5 Å². The molecule has 1 saturated carbocycles. The zero-order valence-electron chi connectivity index (χ0n) is 17.6. The maximum atomic E-state index is 5.32. The lowest BCUT2D eigenvalue weighted by molar-refractivity contribution is 0.138. The van der Waals surface area contributed by atoms with Crippen molar-refractivity contribution in [2.75, 3.05) is 45.7 Å². The molecule has 3 N–H and O–H groups in total. The van der Waals surface area contributed by atoms with Gasteiger partial charge in [0, 0.05) is 47.4 Å². The molecule has 2 aromatic heterocycles. The van der Waals surface area contributed by atoms with Gasteiger partial charge in [0.25, 0.3) is 0 Å². The van der Waals surface area contributed by atoms with Crippen molar-refractivity contribution in [2.45, 2.75) is 32.1 Å². The summed E-state index contributed by atoms with van der Waals surface area (Å²) in [5.74, 6) is 1.63. The molecule has 2 aromatic rings. The van der Waals surface area contributed by atoms with Gasteiger partial charge in [0.05, 0.1) is 11.6 Å². The van der Waals surface area contributed by atoms with Gasteiger partial charge in [-0.1, -0.05) is 12.8 Å². The lowest BCUT2D eigenvalue weighted by Gasteiger charge is -2.30. The number of ether oxygens (including phenoxy) is 1. The molecule has 0 spiro atoms. The fourth-order valence-corrected chi connectivity index (χ4v) is 3.92. The molecule has 29 heavy (non-hydrogen) atoms. The summed E-state index contributed by atoms with van der Waals surface area (Å²) in [6.07, 6.45) is 9.58. The smallest absolute Gasteiger partial charge is 0.191 e. The molecule has 0 atom stereocenters. The van der Waals surface area contributed by atoms with Crippen LogP contribution in [0.25, 0.3) is 11.0 Å². The van der Waals surface area contributed by atoms with Crippen molar-refractivity contribution < 1.29 is 4.74 Å². The highest BCUT2D eigenvalue weighted by Crippen LogP contribution is 2.40. The molecule has 0 bridgehead atoms. The first-order valence-electron chi connectivity index (χ1n) is 9.97. The second-order valence-corrected chi connectivity index (χ2v) is 7.46. The van der Waals surface area contributed by atoms with Crippen LogP contribution in [0, 0.1) is 5.41 Å². The number of nitrogens with zero attached hydrogens (tertiary/aromatic N) is 5. The molecule has 0 amide bonds. The topological polar surface area (TPSA) is 101 Å². The predicted molar refractivity (Wildman–Crippen MR) is 127 cm³/mol. The van der Waals surface area contributed by atoms with E-state index in [2.05, 4.69) is 36.0 Å². The van der Waals surface area contributed by atoms with Crippen LogP contribution in [0.4, 0.5) is 5.82 Å². The van der Waals surface area contributed by atoms with Crippen LogP contribution in [0.2, 0.25) is 0 Å². The quantitative estimate of drug-likeness (QED) is 0.203. The fraction of sp³-hybridized carbons (Fsp3) is 0.684. The number of nitrogens with one attached hydrogen (secondary N) is 3. The Hall–Kier alpha value is -1.69. The van der Waals surface area contributed by atoms with Gasteiger partial charge in [0.1, 0.15) is 12.1 Å². The predicted octanol–water partition coefficient (Wildman–Crippen LogP) is 2.16. The minimum absolute atomic E-state index is 0. The third-order valence-electron chi connectivity index (χ3n) is 5.59. The zero-order chi connectivity index (χ0) is 19.8. The van der Waals surface area contributed by atoms with Crippen molar-refractivity contribution in [3.05, 3.63) is 12.5 Å². The summed E-state index contributed by atoms with van der Waals surface area (Å²) in [7, 11) is 5.46. The second kappa shape index (κ2) is 11.5. The van der Waals surface area contributed by atoms with Gasteiger partial charge in [-0.25, -0.2) is 9.97 Å². The number of aliphatic imine (C=N–C) groups is 1. The van der Waals surface area contributed by atoms with Crippen molar-refractivity contribution in [1.29, 1.82) is 0 Å². The highest BCUT2D eigenvalue weighted by atomic mass is 127. The Kier molecular flexibility index (Phi) is 9.34. The minimum Gasteiger partial charge on any atom is -0.385 e. The molecule has 3 rings (SSSR count). The Bertz CT molecular complexity index is 788. The van der Waals surface area contributed by atoms with Crippen molar-refractivity contribution in [2.24, 2.45) is 17.5 Å². The van der Waals surface area contributed by atoms with Crippen LogP contribution in [0.3, 0.4) is 0 Å². The van der Waals surface area contributed by atoms with Crippen molar-refractivity contribution >= 4 is 46.8 Å². The molecule has 0 aromatic carbocycles. The first kappa shape index (κ1) is 23.6. The van der Waals surface area contributed by atoms with Crippen LogP contribution >= 0.6 is 24.0 Å². The summed E-state index contributed by atoms with van der Waals surface area (Å²) in [5.41, 5.74) is 1.15. The maximum absolute atomic E-state index is 5.32. The van der Waals surface area contributed by atoms with Crippen LogP contribution in [0.15, 0.2) is 17.5 Å². The van der Waals surface area contributed by atoms with E-state index in [1.54, 1.807) is 24.3 Å². The summed E-state index contributed by atoms with van der Waals surface area (Å²) in [6.45, 7) is 3.21. The molecule has 0 unspecified atom stereocenters. The largest absolute Gasteiger partial charge is 0.385 e. The Morgan fingerprint density at radius 1 is 1.24 bits per heavy atom. The normalized spacial score (nSPS) is 15.9. The van der Waals surface area contributed by atoms with E-state index in [-0.39, 0.29) is 24.0 Å². The Morgan fingerprint density at radius 3 is 2.76 bits per heavy atom. The van der Waals surface area contributed by atoms with E-state index in [9.17, 15) is 0 Å². The number of methoxy groups -OCH3 is 1.